The van der Waals surface area contributed by atoms with Crippen LogP contribution in [0.15, 0.2) is 73.3 Å². The standard InChI is InChI=1S/C32H37F5O/c1-2-3-4-23-7-13-26(14-8-23)27-15-9-24(10-16-27)5-6-25-11-17-29(18-12-25)32(36,37)38-30-21-19-28(20-22-30)31(33,34)35/h2,5-8,13-14,19-22,24-25,27,29H,1,3-4,9-12,15-18H2/b6-5+. The first-order chi connectivity index (χ1) is 18.1. The predicted octanol–water partition coefficient (Wildman–Crippen LogP) is 10.1. The van der Waals surface area contributed by atoms with Crippen LogP contribution in [0.5, 0.6) is 5.75 Å². The minimum absolute atomic E-state index is 0.246. The van der Waals surface area contributed by atoms with Gasteiger partial charge in [0.25, 0.3) is 0 Å². The summed E-state index contributed by atoms with van der Waals surface area (Å²) >= 11 is 0. The topological polar surface area (TPSA) is 9.23 Å². The number of hydrogen-bond donors (Lipinski definition) is 0. The molecule has 0 amide bonds. The van der Waals surface area contributed by atoms with Crippen LogP contribution in [0.1, 0.15) is 80.4 Å². The molecule has 2 fully saturated rings. The van der Waals surface area contributed by atoms with Gasteiger partial charge in [-0.1, -0.05) is 42.5 Å². The van der Waals surface area contributed by atoms with Gasteiger partial charge >= 0.3 is 12.3 Å². The minimum atomic E-state index is -4.51. The van der Waals surface area contributed by atoms with Gasteiger partial charge in [-0.25, -0.2) is 0 Å². The lowest BCUT2D eigenvalue weighted by Crippen LogP contribution is -2.37. The van der Waals surface area contributed by atoms with Crippen molar-refractivity contribution in [3.8, 4) is 5.75 Å². The summed E-state index contributed by atoms with van der Waals surface area (Å²) in [6, 6.07) is 12.5. The quantitative estimate of drug-likeness (QED) is 0.231. The summed E-state index contributed by atoms with van der Waals surface area (Å²) in [7, 11) is 0. The van der Waals surface area contributed by atoms with E-state index in [0.717, 1.165) is 49.9 Å². The molecular formula is C32H37F5O. The molecule has 0 atom stereocenters. The fraction of sp³-hybridized carbons (Fsp3) is 0.500. The van der Waals surface area contributed by atoms with Gasteiger partial charge in [-0.3, -0.25) is 0 Å². The van der Waals surface area contributed by atoms with E-state index in [0.29, 0.717) is 37.5 Å². The number of halogens is 5. The Kier molecular flexibility index (Phi) is 9.32. The molecule has 206 valence electrons. The van der Waals surface area contributed by atoms with Crippen molar-refractivity contribution in [3.05, 3.63) is 90.0 Å². The van der Waals surface area contributed by atoms with Crippen molar-refractivity contribution in [2.45, 2.75) is 82.4 Å². The zero-order valence-corrected chi connectivity index (χ0v) is 21.7. The van der Waals surface area contributed by atoms with Crippen LogP contribution >= 0.6 is 0 Å². The minimum Gasteiger partial charge on any atom is -0.432 e. The molecule has 0 unspecified atom stereocenters. The highest BCUT2D eigenvalue weighted by atomic mass is 19.4. The van der Waals surface area contributed by atoms with Crippen LogP contribution in [0, 0.1) is 17.8 Å². The highest BCUT2D eigenvalue weighted by molar-refractivity contribution is 5.29. The normalized spacial score (nSPS) is 24.9. The molecule has 2 aromatic carbocycles. The third-order valence-corrected chi connectivity index (χ3v) is 8.20. The van der Waals surface area contributed by atoms with Crippen molar-refractivity contribution in [2.75, 3.05) is 0 Å². The Morgan fingerprint density at radius 1 is 0.737 bits per heavy atom. The second-order valence-corrected chi connectivity index (χ2v) is 10.9. The predicted molar refractivity (Wildman–Crippen MR) is 141 cm³/mol. The van der Waals surface area contributed by atoms with Gasteiger partial charge in [-0.15, -0.1) is 6.58 Å². The first-order valence-corrected chi connectivity index (χ1v) is 13.8. The van der Waals surface area contributed by atoms with E-state index in [1.54, 1.807) is 0 Å². The molecule has 0 radical (unpaired) electrons. The molecule has 0 aliphatic heterocycles. The molecule has 0 aromatic heterocycles. The van der Waals surface area contributed by atoms with Crippen LogP contribution in [0.25, 0.3) is 0 Å². The maximum atomic E-state index is 14.7. The van der Waals surface area contributed by atoms with Crippen LogP contribution in [0.2, 0.25) is 0 Å². The van der Waals surface area contributed by atoms with Crippen LogP contribution in [-0.4, -0.2) is 6.11 Å². The zero-order chi connectivity index (χ0) is 27.2. The number of benzene rings is 2. The van der Waals surface area contributed by atoms with Gasteiger partial charge in [0.1, 0.15) is 5.75 Å². The number of hydrogen-bond acceptors (Lipinski definition) is 1. The monoisotopic (exact) mass is 532 g/mol. The van der Waals surface area contributed by atoms with Gasteiger partial charge in [0, 0.05) is 0 Å². The molecule has 2 aliphatic rings. The van der Waals surface area contributed by atoms with E-state index in [1.165, 1.54) is 24.0 Å². The van der Waals surface area contributed by atoms with Crippen LogP contribution < -0.4 is 4.74 Å². The van der Waals surface area contributed by atoms with E-state index in [-0.39, 0.29) is 11.7 Å². The molecule has 0 bridgehead atoms. The molecule has 0 heterocycles. The summed E-state index contributed by atoms with van der Waals surface area (Å²) in [4.78, 5) is 0. The molecule has 38 heavy (non-hydrogen) atoms. The molecule has 4 rings (SSSR count). The Morgan fingerprint density at radius 3 is 1.82 bits per heavy atom. The Bertz CT molecular complexity index is 1040. The average molecular weight is 533 g/mol. The first kappa shape index (κ1) is 28.4. The molecule has 2 aliphatic carbocycles. The Balaban J connectivity index is 1.20. The van der Waals surface area contributed by atoms with Gasteiger partial charge in [0.2, 0.25) is 0 Å². The van der Waals surface area contributed by atoms with Gasteiger partial charge in [-0.05, 0) is 117 Å². The van der Waals surface area contributed by atoms with E-state index < -0.39 is 23.8 Å². The number of allylic oxidation sites excluding steroid dienone is 3. The van der Waals surface area contributed by atoms with Gasteiger partial charge in [0.05, 0.1) is 11.5 Å². The van der Waals surface area contributed by atoms with Gasteiger partial charge < -0.3 is 4.74 Å². The number of alkyl halides is 5. The second kappa shape index (κ2) is 12.5. The molecular weight excluding hydrogens is 495 g/mol. The lowest BCUT2D eigenvalue weighted by Gasteiger charge is -2.32. The Hall–Kier alpha value is -2.63. The van der Waals surface area contributed by atoms with Crippen LogP contribution in [-0.2, 0) is 12.6 Å². The summed E-state index contributed by atoms with van der Waals surface area (Å²) < 4.78 is 72.4. The van der Waals surface area contributed by atoms with Crippen molar-refractivity contribution >= 4 is 0 Å². The van der Waals surface area contributed by atoms with Crippen molar-refractivity contribution in [1.29, 1.82) is 0 Å². The largest absolute Gasteiger partial charge is 0.432 e. The maximum Gasteiger partial charge on any atom is 0.416 e. The fourth-order valence-electron chi connectivity index (χ4n) is 5.78. The van der Waals surface area contributed by atoms with E-state index in [4.69, 9.17) is 4.74 Å². The highest BCUT2D eigenvalue weighted by Gasteiger charge is 2.44. The SMILES string of the molecule is C=CCCc1ccc(C2CCC(/C=C/C3CCC(C(F)(F)Oc4ccc(C(F)(F)F)cc4)CC3)CC2)cc1. The first-order valence-electron chi connectivity index (χ1n) is 13.8. The number of aryl methyl sites for hydroxylation is 1. The van der Waals surface area contributed by atoms with Crippen molar-refractivity contribution in [3.63, 3.8) is 0 Å². The molecule has 0 spiro atoms. The Labute approximate surface area is 222 Å². The van der Waals surface area contributed by atoms with Crippen molar-refractivity contribution in [1.82, 2.24) is 0 Å². The summed E-state index contributed by atoms with van der Waals surface area (Å²) in [5, 5.41) is 0. The lowest BCUT2D eigenvalue weighted by molar-refractivity contribution is -0.223. The third kappa shape index (κ3) is 7.70. The number of rotatable bonds is 9. The summed E-state index contributed by atoms with van der Waals surface area (Å²) in [6.45, 7) is 3.79. The molecule has 6 heteroatoms. The fourth-order valence-corrected chi connectivity index (χ4v) is 5.78. The van der Waals surface area contributed by atoms with E-state index in [9.17, 15) is 22.0 Å². The zero-order valence-electron chi connectivity index (χ0n) is 21.7. The Morgan fingerprint density at radius 2 is 1.29 bits per heavy atom. The van der Waals surface area contributed by atoms with Crippen LogP contribution in [0.4, 0.5) is 22.0 Å². The van der Waals surface area contributed by atoms with Gasteiger partial charge in [-0.2, -0.15) is 22.0 Å². The smallest absolute Gasteiger partial charge is 0.416 e. The summed E-state index contributed by atoms with van der Waals surface area (Å²) in [5.74, 6) is 0.252. The van der Waals surface area contributed by atoms with Gasteiger partial charge in [0.15, 0.2) is 0 Å². The van der Waals surface area contributed by atoms with Crippen molar-refractivity contribution < 1.29 is 26.7 Å². The summed E-state index contributed by atoms with van der Waals surface area (Å²) in [6.07, 6.45) is 7.22. The lowest BCUT2D eigenvalue weighted by atomic mass is 9.77. The molecule has 2 aromatic rings. The molecule has 1 nitrogen and oxygen atoms in total. The number of ether oxygens (including phenoxy) is 1. The van der Waals surface area contributed by atoms with E-state index in [2.05, 4.69) is 43.0 Å². The van der Waals surface area contributed by atoms with E-state index in [1.807, 2.05) is 6.08 Å². The van der Waals surface area contributed by atoms with E-state index >= 15 is 0 Å². The maximum absolute atomic E-state index is 14.7. The average Bonchev–Trinajstić information content (AvgIpc) is 2.91. The third-order valence-electron chi connectivity index (χ3n) is 8.20. The molecule has 2 saturated carbocycles. The molecule has 0 saturated heterocycles. The van der Waals surface area contributed by atoms with Crippen LogP contribution in [0.3, 0.4) is 0 Å². The summed E-state index contributed by atoms with van der Waals surface area (Å²) in [5.41, 5.74) is 1.89. The second-order valence-electron chi connectivity index (χ2n) is 10.9. The molecule has 0 N–H and O–H groups in total. The van der Waals surface area contributed by atoms with Crippen molar-refractivity contribution in [2.24, 2.45) is 17.8 Å². The highest BCUT2D eigenvalue weighted by Crippen LogP contribution is 2.42.